The molecule has 2 atom stereocenters. The molecule has 0 aromatic heterocycles. The minimum Gasteiger partial charge on any atom is -0.391 e. The number of aliphatic hydroxyl groups is 1. The molecule has 0 aliphatic heterocycles. The Kier molecular flexibility index (Phi) is 3.89. The lowest BCUT2D eigenvalue weighted by Crippen LogP contribution is -2.30. The maximum absolute atomic E-state index is 9.91. The molecular formula is C13H21NO. The lowest BCUT2D eigenvalue weighted by Gasteiger charge is -2.23. The highest BCUT2D eigenvalue weighted by atomic mass is 16.3. The van der Waals surface area contributed by atoms with E-state index in [9.17, 15) is 5.11 Å². The van der Waals surface area contributed by atoms with Gasteiger partial charge in [-0.1, -0.05) is 43.2 Å². The van der Waals surface area contributed by atoms with E-state index in [2.05, 4.69) is 6.07 Å². The Balaban J connectivity index is 2.95. The lowest BCUT2D eigenvalue weighted by molar-refractivity contribution is 0.0979. The van der Waals surface area contributed by atoms with E-state index < -0.39 is 6.10 Å². The van der Waals surface area contributed by atoms with Gasteiger partial charge in [-0.15, -0.1) is 0 Å². The highest BCUT2D eigenvalue weighted by Gasteiger charge is 2.20. The number of nitrogens with two attached hydrogens (primary N) is 1. The number of aliphatic hydroxyl groups excluding tert-OH is 1. The van der Waals surface area contributed by atoms with Gasteiger partial charge in [0.2, 0.25) is 0 Å². The van der Waals surface area contributed by atoms with E-state index in [0.29, 0.717) is 0 Å². The lowest BCUT2D eigenvalue weighted by atomic mass is 9.92. The molecule has 2 heteroatoms. The van der Waals surface area contributed by atoms with Crippen molar-refractivity contribution in [2.24, 2.45) is 11.7 Å². The van der Waals surface area contributed by atoms with Crippen LogP contribution in [0.2, 0.25) is 0 Å². The second kappa shape index (κ2) is 4.77. The van der Waals surface area contributed by atoms with E-state index >= 15 is 0 Å². The molecule has 0 unspecified atom stereocenters. The molecule has 0 radical (unpaired) electrons. The molecule has 1 aromatic rings. The topological polar surface area (TPSA) is 46.2 Å². The summed E-state index contributed by atoms with van der Waals surface area (Å²) in [6.45, 7) is 8.05. The summed E-state index contributed by atoms with van der Waals surface area (Å²) >= 11 is 0. The smallest absolute Gasteiger partial charge is 0.0755 e. The van der Waals surface area contributed by atoms with E-state index in [1.165, 1.54) is 11.1 Å². The van der Waals surface area contributed by atoms with Crippen molar-refractivity contribution >= 4 is 0 Å². The second-order valence-corrected chi connectivity index (χ2v) is 4.68. The average Bonchev–Trinajstić information content (AvgIpc) is 2.13. The number of benzene rings is 1. The van der Waals surface area contributed by atoms with Gasteiger partial charge in [0.1, 0.15) is 0 Å². The first-order chi connectivity index (χ1) is 6.91. The zero-order valence-corrected chi connectivity index (χ0v) is 9.99. The van der Waals surface area contributed by atoms with Crippen LogP contribution in [0.1, 0.15) is 36.6 Å². The number of hydrogen-bond donors (Lipinski definition) is 2. The van der Waals surface area contributed by atoms with Gasteiger partial charge in [-0.05, 0) is 25.3 Å². The normalized spacial score (nSPS) is 15.4. The monoisotopic (exact) mass is 207 g/mol. The van der Waals surface area contributed by atoms with Crippen molar-refractivity contribution in [2.45, 2.75) is 39.8 Å². The molecule has 0 bridgehead atoms. The summed E-state index contributed by atoms with van der Waals surface area (Å²) in [6.07, 6.45) is -0.480. The van der Waals surface area contributed by atoms with Gasteiger partial charge in [0.15, 0.2) is 0 Å². The largest absolute Gasteiger partial charge is 0.391 e. The number of hydrogen-bond acceptors (Lipinski definition) is 2. The predicted molar refractivity (Wildman–Crippen MR) is 63.7 cm³/mol. The quantitative estimate of drug-likeness (QED) is 0.799. The van der Waals surface area contributed by atoms with Crippen LogP contribution in [-0.4, -0.2) is 11.2 Å². The third kappa shape index (κ3) is 3.05. The van der Waals surface area contributed by atoms with Crippen molar-refractivity contribution < 1.29 is 5.11 Å². The number of rotatable bonds is 3. The number of aryl methyl sites for hydroxylation is 2. The van der Waals surface area contributed by atoms with Crippen LogP contribution in [0.15, 0.2) is 18.2 Å². The van der Waals surface area contributed by atoms with E-state index in [1.54, 1.807) is 0 Å². The first kappa shape index (κ1) is 12.2. The Hall–Kier alpha value is -0.860. The minimum absolute atomic E-state index is 0.181. The van der Waals surface area contributed by atoms with E-state index in [1.807, 2.05) is 39.8 Å². The molecule has 0 amide bonds. The molecule has 2 nitrogen and oxygen atoms in total. The van der Waals surface area contributed by atoms with Crippen molar-refractivity contribution in [1.82, 2.24) is 0 Å². The van der Waals surface area contributed by atoms with Gasteiger partial charge < -0.3 is 10.8 Å². The van der Waals surface area contributed by atoms with Crippen molar-refractivity contribution in [3.05, 3.63) is 34.9 Å². The van der Waals surface area contributed by atoms with Crippen LogP contribution in [0, 0.1) is 19.8 Å². The SMILES string of the molecule is Cc1cc(C)cc([C@@H](N)[C@@H](O)C(C)C)c1. The van der Waals surface area contributed by atoms with Crippen LogP contribution in [0.25, 0.3) is 0 Å². The molecule has 0 heterocycles. The molecule has 1 aromatic carbocycles. The molecule has 0 saturated carbocycles. The first-order valence-corrected chi connectivity index (χ1v) is 5.43. The Bertz CT molecular complexity index is 313. The maximum atomic E-state index is 9.91. The average molecular weight is 207 g/mol. The van der Waals surface area contributed by atoms with Crippen LogP contribution in [-0.2, 0) is 0 Å². The van der Waals surface area contributed by atoms with Crippen molar-refractivity contribution in [3.63, 3.8) is 0 Å². The Morgan fingerprint density at radius 1 is 1.07 bits per heavy atom. The van der Waals surface area contributed by atoms with Crippen LogP contribution >= 0.6 is 0 Å². The zero-order chi connectivity index (χ0) is 11.6. The summed E-state index contributed by atoms with van der Waals surface area (Å²) in [4.78, 5) is 0. The van der Waals surface area contributed by atoms with Crippen LogP contribution in [0.5, 0.6) is 0 Å². The van der Waals surface area contributed by atoms with Gasteiger partial charge in [0, 0.05) is 0 Å². The molecule has 0 saturated heterocycles. The minimum atomic E-state index is -0.480. The summed E-state index contributed by atoms with van der Waals surface area (Å²) in [5.41, 5.74) is 9.43. The highest BCUT2D eigenvalue weighted by Crippen LogP contribution is 2.21. The fourth-order valence-electron chi connectivity index (χ4n) is 1.81. The fourth-order valence-corrected chi connectivity index (χ4v) is 1.81. The first-order valence-electron chi connectivity index (χ1n) is 5.43. The van der Waals surface area contributed by atoms with Gasteiger partial charge in [0.25, 0.3) is 0 Å². The Morgan fingerprint density at radius 3 is 1.93 bits per heavy atom. The molecular weight excluding hydrogens is 186 g/mol. The molecule has 15 heavy (non-hydrogen) atoms. The molecule has 0 aliphatic rings. The van der Waals surface area contributed by atoms with Gasteiger partial charge in [0.05, 0.1) is 12.1 Å². The van der Waals surface area contributed by atoms with E-state index in [4.69, 9.17) is 5.73 Å². The van der Waals surface area contributed by atoms with Gasteiger partial charge in [-0.2, -0.15) is 0 Å². The third-order valence-electron chi connectivity index (χ3n) is 2.68. The summed E-state index contributed by atoms with van der Waals surface area (Å²) in [6, 6.07) is 5.91. The molecule has 0 aliphatic carbocycles. The van der Waals surface area contributed by atoms with Gasteiger partial charge in [-0.3, -0.25) is 0 Å². The summed E-state index contributed by atoms with van der Waals surface area (Å²) in [5.74, 6) is 0.181. The molecule has 0 fully saturated rings. The highest BCUT2D eigenvalue weighted by molar-refractivity contribution is 5.31. The summed E-state index contributed by atoms with van der Waals surface area (Å²) in [7, 11) is 0. The molecule has 3 N–H and O–H groups in total. The zero-order valence-electron chi connectivity index (χ0n) is 9.99. The molecule has 1 rings (SSSR count). The van der Waals surface area contributed by atoms with Crippen LogP contribution in [0.4, 0.5) is 0 Å². The standard InChI is InChI=1S/C13H21NO/c1-8(2)13(15)12(14)11-6-9(3)5-10(4)7-11/h5-8,12-13,15H,14H2,1-4H3/t12-,13+/m1/s1. The van der Waals surface area contributed by atoms with Gasteiger partial charge >= 0.3 is 0 Å². The van der Waals surface area contributed by atoms with Crippen molar-refractivity contribution in [1.29, 1.82) is 0 Å². The third-order valence-corrected chi connectivity index (χ3v) is 2.68. The van der Waals surface area contributed by atoms with Crippen LogP contribution < -0.4 is 5.73 Å². The maximum Gasteiger partial charge on any atom is 0.0755 e. The molecule has 0 spiro atoms. The Morgan fingerprint density at radius 2 is 1.53 bits per heavy atom. The summed E-state index contributed by atoms with van der Waals surface area (Å²) in [5, 5.41) is 9.91. The molecule has 84 valence electrons. The Labute approximate surface area is 92.1 Å². The van der Waals surface area contributed by atoms with Crippen molar-refractivity contribution in [3.8, 4) is 0 Å². The van der Waals surface area contributed by atoms with Gasteiger partial charge in [-0.25, -0.2) is 0 Å². The van der Waals surface area contributed by atoms with Crippen LogP contribution in [0.3, 0.4) is 0 Å². The fraction of sp³-hybridized carbons (Fsp3) is 0.538. The van der Waals surface area contributed by atoms with Crippen molar-refractivity contribution in [2.75, 3.05) is 0 Å². The van der Waals surface area contributed by atoms with E-state index in [-0.39, 0.29) is 12.0 Å². The second-order valence-electron chi connectivity index (χ2n) is 4.68. The predicted octanol–water partition coefficient (Wildman–Crippen LogP) is 2.32. The van der Waals surface area contributed by atoms with E-state index in [0.717, 1.165) is 5.56 Å². The summed E-state index contributed by atoms with van der Waals surface area (Å²) < 4.78 is 0.